The van der Waals surface area contributed by atoms with E-state index in [1.165, 1.54) is 29.7 Å². The quantitative estimate of drug-likeness (QED) is 0.943. The molecule has 1 fully saturated rings. The van der Waals surface area contributed by atoms with Crippen LogP contribution in [0.1, 0.15) is 41.4 Å². The van der Waals surface area contributed by atoms with E-state index in [-0.39, 0.29) is 0 Å². The van der Waals surface area contributed by atoms with Crippen molar-refractivity contribution in [1.82, 2.24) is 19.7 Å². The van der Waals surface area contributed by atoms with Crippen LogP contribution in [0.2, 0.25) is 0 Å². The van der Waals surface area contributed by atoms with Gasteiger partial charge in [-0.05, 0) is 50.9 Å². The molecule has 1 atom stereocenters. The largest absolute Gasteiger partial charge is 0.373 e. The van der Waals surface area contributed by atoms with Gasteiger partial charge in [0.1, 0.15) is 5.82 Å². The van der Waals surface area contributed by atoms with Crippen molar-refractivity contribution >= 4 is 5.82 Å². The van der Waals surface area contributed by atoms with Gasteiger partial charge in [0.05, 0.1) is 5.69 Å². The smallest absolute Gasteiger partial charge is 0.125 e. The summed E-state index contributed by atoms with van der Waals surface area (Å²) in [7, 11) is 3.94. The minimum Gasteiger partial charge on any atom is -0.373 e. The Labute approximate surface area is 132 Å². The lowest BCUT2D eigenvalue weighted by Gasteiger charge is -2.25. The van der Waals surface area contributed by atoms with Crippen LogP contribution in [0.4, 0.5) is 5.82 Å². The molecule has 0 unspecified atom stereocenters. The van der Waals surface area contributed by atoms with Crippen molar-refractivity contribution in [3.8, 4) is 0 Å². The molecule has 0 bridgehead atoms. The van der Waals surface area contributed by atoms with Crippen LogP contribution in [0.15, 0.2) is 18.3 Å². The summed E-state index contributed by atoms with van der Waals surface area (Å²) in [4.78, 5) is 6.90. The van der Waals surface area contributed by atoms with Crippen LogP contribution in [0.3, 0.4) is 0 Å². The minimum atomic E-state index is 0.481. The summed E-state index contributed by atoms with van der Waals surface area (Å²) >= 11 is 0. The molecule has 0 radical (unpaired) electrons. The summed E-state index contributed by atoms with van der Waals surface area (Å²) in [5.74, 6) is 0.943. The minimum absolute atomic E-state index is 0.481. The number of rotatable bonds is 4. The van der Waals surface area contributed by atoms with Crippen LogP contribution < -0.4 is 5.32 Å². The Morgan fingerprint density at radius 3 is 2.86 bits per heavy atom. The molecule has 0 aromatic carbocycles. The number of anilines is 1. The van der Waals surface area contributed by atoms with Crippen LogP contribution in [0, 0.1) is 13.8 Å². The molecule has 1 saturated heterocycles. The number of hydrogen-bond acceptors (Lipinski definition) is 4. The topological polar surface area (TPSA) is 46.0 Å². The van der Waals surface area contributed by atoms with Crippen LogP contribution >= 0.6 is 0 Å². The van der Waals surface area contributed by atoms with Crippen LogP contribution in [0.5, 0.6) is 0 Å². The Morgan fingerprint density at radius 2 is 2.18 bits per heavy atom. The fourth-order valence-corrected chi connectivity index (χ4v) is 3.43. The first-order valence-corrected chi connectivity index (χ1v) is 7.97. The molecule has 1 aliphatic heterocycles. The third-order valence-corrected chi connectivity index (χ3v) is 4.81. The normalized spacial score (nSPS) is 18.8. The standard InChI is InChI=1S/C17H25N5/c1-12-15(13(2)21(4)20-12)11-22-9-5-6-16(22)14-7-8-19-17(10-14)18-3/h7-8,10,16H,5-6,9,11H2,1-4H3,(H,18,19)/t16-/m1/s1. The van der Waals surface area contributed by atoms with Gasteiger partial charge in [0, 0.05) is 44.1 Å². The Bertz CT molecular complexity index is 661. The fraction of sp³-hybridized carbons (Fsp3) is 0.529. The van der Waals surface area contributed by atoms with Crippen LogP contribution in [0.25, 0.3) is 0 Å². The fourth-order valence-electron chi connectivity index (χ4n) is 3.43. The molecule has 2 aromatic heterocycles. The van der Waals surface area contributed by atoms with Crippen molar-refractivity contribution in [1.29, 1.82) is 0 Å². The van der Waals surface area contributed by atoms with Crippen LogP contribution in [-0.4, -0.2) is 33.3 Å². The van der Waals surface area contributed by atoms with E-state index in [1.807, 2.05) is 25.0 Å². The van der Waals surface area contributed by atoms with Crippen molar-refractivity contribution in [2.24, 2.45) is 7.05 Å². The second-order valence-electron chi connectivity index (χ2n) is 6.13. The summed E-state index contributed by atoms with van der Waals surface area (Å²) in [6.45, 7) is 6.40. The van der Waals surface area contributed by atoms with E-state index in [0.717, 1.165) is 24.6 Å². The average Bonchev–Trinajstić information content (AvgIpc) is 3.08. The summed E-state index contributed by atoms with van der Waals surface area (Å²) in [6.07, 6.45) is 4.37. The Kier molecular flexibility index (Phi) is 4.16. The maximum atomic E-state index is 4.55. The zero-order valence-electron chi connectivity index (χ0n) is 13.9. The van der Waals surface area contributed by atoms with Gasteiger partial charge in [-0.2, -0.15) is 5.10 Å². The number of nitrogens with zero attached hydrogens (tertiary/aromatic N) is 4. The van der Waals surface area contributed by atoms with Gasteiger partial charge < -0.3 is 5.32 Å². The highest BCUT2D eigenvalue weighted by Crippen LogP contribution is 2.34. The maximum Gasteiger partial charge on any atom is 0.125 e. The van der Waals surface area contributed by atoms with E-state index in [1.54, 1.807) is 0 Å². The zero-order valence-corrected chi connectivity index (χ0v) is 13.9. The zero-order chi connectivity index (χ0) is 15.7. The molecule has 118 valence electrons. The third kappa shape index (κ3) is 2.73. The van der Waals surface area contributed by atoms with Gasteiger partial charge in [-0.15, -0.1) is 0 Å². The van der Waals surface area contributed by atoms with Crippen molar-refractivity contribution in [3.05, 3.63) is 40.8 Å². The van der Waals surface area contributed by atoms with Gasteiger partial charge in [0.2, 0.25) is 0 Å². The predicted octanol–water partition coefficient (Wildman–Crippen LogP) is 2.81. The lowest BCUT2D eigenvalue weighted by Crippen LogP contribution is -2.23. The number of pyridine rings is 1. The first-order chi connectivity index (χ1) is 10.6. The van der Waals surface area contributed by atoms with Gasteiger partial charge >= 0.3 is 0 Å². The van der Waals surface area contributed by atoms with Gasteiger partial charge in [-0.1, -0.05) is 0 Å². The summed E-state index contributed by atoms with van der Waals surface area (Å²) < 4.78 is 1.99. The molecule has 0 amide bonds. The first kappa shape index (κ1) is 15.0. The molecule has 2 aromatic rings. The lowest BCUT2D eigenvalue weighted by atomic mass is 10.0. The van der Waals surface area contributed by atoms with E-state index in [4.69, 9.17) is 0 Å². The molecule has 5 nitrogen and oxygen atoms in total. The van der Waals surface area contributed by atoms with E-state index >= 15 is 0 Å². The Hall–Kier alpha value is -1.88. The molecule has 0 aliphatic carbocycles. The average molecular weight is 299 g/mol. The molecular weight excluding hydrogens is 274 g/mol. The number of hydrogen-bond donors (Lipinski definition) is 1. The molecule has 5 heteroatoms. The molecule has 3 rings (SSSR count). The van der Waals surface area contributed by atoms with Crippen molar-refractivity contribution in [2.75, 3.05) is 18.9 Å². The SMILES string of the molecule is CNc1cc([C@H]2CCCN2Cc2c(C)nn(C)c2C)ccn1. The van der Waals surface area contributed by atoms with Gasteiger partial charge in [-0.25, -0.2) is 4.98 Å². The Morgan fingerprint density at radius 1 is 1.36 bits per heavy atom. The first-order valence-electron chi connectivity index (χ1n) is 7.97. The van der Waals surface area contributed by atoms with Crippen LogP contribution in [-0.2, 0) is 13.6 Å². The van der Waals surface area contributed by atoms with E-state index in [9.17, 15) is 0 Å². The lowest BCUT2D eigenvalue weighted by molar-refractivity contribution is 0.247. The van der Waals surface area contributed by atoms with E-state index in [0.29, 0.717) is 6.04 Å². The van der Waals surface area contributed by atoms with Gasteiger partial charge in [0.25, 0.3) is 0 Å². The van der Waals surface area contributed by atoms with E-state index < -0.39 is 0 Å². The van der Waals surface area contributed by atoms with E-state index in [2.05, 4.69) is 46.3 Å². The summed E-state index contributed by atoms with van der Waals surface area (Å²) in [6, 6.07) is 4.80. The summed E-state index contributed by atoms with van der Waals surface area (Å²) in [5.41, 5.74) is 5.15. The second-order valence-corrected chi connectivity index (χ2v) is 6.13. The Balaban J connectivity index is 1.84. The number of aromatic nitrogens is 3. The van der Waals surface area contributed by atoms with Crippen molar-refractivity contribution in [2.45, 2.75) is 39.3 Å². The van der Waals surface area contributed by atoms with Gasteiger partial charge in [-0.3, -0.25) is 9.58 Å². The molecule has 1 N–H and O–H groups in total. The predicted molar refractivity (Wildman–Crippen MR) is 88.9 cm³/mol. The van der Waals surface area contributed by atoms with Gasteiger partial charge in [0.15, 0.2) is 0 Å². The highest BCUT2D eigenvalue weighted by Gasteiger charge is 2.27. The third-order valence-electron chi connectivity index (χ3n) is 4.81. The monoisotopic (exact) mass is 299 g/mol. The summed E-state index contributed by atoms with van der Waals surface area (Å²) in [5, 5.41) is 7.68. The molecule has 1 aliphatic rings. The molecule has 3 heterocycles. The highest BCUT2D eigenvalue weighted by atomic mass is 15.3. The van der Waals surface area contributed by atoms with Crippen molar-refractivity contribution in [3.63, 3.8) is 0 Å². The highest BCUT2D eigenvalue weighted by molar-refractivity contribution is 5.38. The molecule has 22 heavy (non-hydrogen) atoms. The van der Waals surface area contributed by atoms with Crippen molar-refractivity contribution < 1.29 is 0 Å². The second kappa shape index (κ2) is 6.08. The number of likely N-dealkylation sites (tertiary alicyclic amines) is 1. The molecule has 0 spiro atoms. The maximum absolute atomic E-state index is 4.55. The molecular formula is C17H25N5. The molecule has 0 saturated carbocycles. The number of aryl methyl sites for hydroxylation is 2. The number of nitrogens with one attached hydrogen (secondary N) is 1.